The lowest BCUT2D eigenvalue weighted by molar-refractivity contribution is 1.29. The quantitative estimate of drug-likeness (QED) is 0.667. The Hall–Kier alpha value is -1.50. The second-order valence-electron chi connectivity index (χ2n) is 3.21. The molecule has 0 saturated carbocycles. The van der Waals surface area contributed by atoms with Crippen molar-refractivity contribution >= 4 is 10.9 Å². The van der Waals surface area contributed by atoms with Gasteiger partial charge < -0.3 is 4.98 Å². The van der Waals surface area contributed by atoms with Crippen molar-refractivity contribution in [1.29, 1.82) is 0 Å². The van der Waals surface area contributed by atoms with Gasteiger partial charge in [-0.15, -0.1) is 6.58 Å². The van der Waals surface area contributed by atoms with E-state index in [1.54, 1.807) is 0 Å². The maximum Gasteiger partial charge on any atom is 0.0465 e. The van der Waals surface area contributed by atoms with Gasteiger partial charge in [0, 0.05) is 22.7 Å². The number of H-pyrrole nitrogens is 1. The summed E-state index contributed by atoms with van der Waals surface area (Å²) in [5.41, 5.74) is 3.54. The number of benzene rings is 1. The van der Waals surface area contributed by atoms with Crippen LogP contribution >= 0.6 is 0 Å². The van der Waals surface area contributed by atoms with Crippen molar-refractivity contribution in [2.75, 3.05) is 0 Å². The molecule has 1 N–H and O–H groups in total. The van der Waals surface area contributed by atoms with Crippen LogP contribution in [0.15, 0.2) is 30.9 Å². The summed E-state index contributed by atoms with van der Waals surface area (Å²) in [7, 11) is 0. The number of nitrogens with one attached hydrogen (secondary N) is 1. The third-order valence-electron chi connectivity index (χ3n) is 2.15. The molecule has 0 amide bonds. The number of allylic oxidation sites excluding steroid dienone is 1. The predicted molar refractivity (Wildman–Crippen MR) is 55.8 cm³/mol. The fourth-order valence-corrected chi connectivity index (χ4v) is 1.60. The molecule has 2 rings (SSSR count). The normalized spacial score (nSPS) is 10.5. The number of aromatic amines is 1. The van der Waals surface area contributed by atoms with Crippen molar-refractivity contribution in [2.45, 2.75) is 13.3 Å². The van der Waals surface area contributed by atoms with Crippen molar-refractivity contribution in [3.8, 4) is 0 Å². The minimum atomic E-state index is 0.908. The molecule has 0 bridgehead atoms. The van der Waals surface area contributed by atoms with Crippen LogP contribution in [-0.2, 0) is 6.42 Å². The molecule has 0 unspecified atom stereocenters. The molecule has 0 spiro atoms. The van der Waals surface area contributed by atoms with E-state index in [2.05, 4.69) is 35.8 Å². The third-order valence-corrected chi connectivity index (χ3v) is 2.15. The van der Waals surface area contributed by atoms with Gasteiger partial charge >= 0.3 is 0 Å². The first-order valence-electron chi connectivity index (χ1n) is 4.41. The van der Waals surface area contributed by atoms with Gasteiger partial charge in [-0.1, -0.05) is 18.2 Å². The predicted octanol–water partition coefficient (Wildman–Crippen LogP) is 3.01. The topological polar surface area (TPSA) is 15.8 Å². The minimum absolute atomic E-state index is 0.908. The summed E-state index contributed by atoms with van der Waals surface area (Å²) < 4.78 is 0. The highest BCUT2D eigenvalue weighted by molar-refractivity contribution is 5.83. The maximum atomic E-state index is 3.75. The summed E-state index contributed by atoms with van der Waals surface area (Å²) in [6.45, 7) is 5.77. The number of hydrogen-bond acceptors (Lipinski definition) is 0. The van der Waals surface area contributed by atoms with Crippen LogP contribution in [0.5, 0.6) is 0 Å². The van der Waals surface area contributed by atoms with Gasteiger partial charge in [-0.05, 0) is 25.0 Å². The van der Waals surface area contributed by atoms with Crippen LogP contribution in [0.2, 0.25) is 0 Å². The van der Waals surface area contributed by atoms with Crippen molar-refractivity contribution < 1.29 is 0 Å². The fraction of sp³-hybridized carbons (Fsp3) is 0.167. The third kappa shape index (κ3) is 1.37. The first-order chi connectivity index (χ1) is 6.31. The van der Waals surface area contributed by atoms with Gasteiger partial charge in [-0.3, -0.25) is 0 Å². The molecule has 2 aromatic rings. The molecule has 0 aliphatic carbocycles. The van der Waals surface area contributed by atoms with E-state index in [9.17, 15) is 0 Å². The molecule has 0 aliphatic heterocycles. The Morgan fingerprint density at radius 2 is 2.38 bits per heavy atom. The molecular weight excluding hydrogens is 158 g/mol. The molecule has 1 aromatic carbocycles. The molecule has 1 nitrogen and oxygen atoms in total. The highest BCUT2D eigenvalue weighted by atomic mass is 14.7. The van der Waals surface area contributed by atoms with Crippen LogP contribution in [0.1, 0.15) is 11.3 Å². The maximum absolute atomic E-state index is 3.75. The van der Waals surface area contributed by atoms with Gasteiger partial charge in [-0.25, -0.2) is 0 Å². The smallest absolute Gasteiger partial charge is 0.0465 e. The lowest BCUT2D eigenvalue weighted by atomic mass is 10.1. The first-order valence-corrected chi connectivity index (χ1v) is 4.41. The highest BCUT2D eigenvalue weighted by Crippen LogP contribution is 2.19. The largest absolute Gasteiger partial charge is 0.358 e. The summed E-state index contributed by atoms with van der Waals surface area (Å²) in [5.74, 6) is 0. The van der Waals surface area contributed by atoms with Crippen LogP contribution < -0.4 is 0 Å². The first kappa shape index (κ1) is 8.11. The van der Waals surface area contributed by atoms with E-state index < -0.39 is 0 Å². The molecular formula is C12H12N. The van der Waals surface area contributed by atoms with Crippen molar-refractivity contribution in [3.05, 3.63) is 48.2 Å². The number of aryl methyl sites for hydroxylation is 1. The number of hydrogen-bond donors (Lipinski definition) is 1. The zero-order valence-electron chi connectivity index (χ0n) is 7.72. The van der Waals surface area contributed by atoms with Crippen molar-refractivity contribution in [1.82, 2.24) is 4.98 Å². The van der Waals surface area contributed by atoms with E-state index in [0.717, 1.165) is 17.6 Å². The Morgan fingerprint density at radius 3 is 3.15 bits per heavy atom. The summed E-state index contributed by atoms with van der Waals surface area (Å²) >= 11 is 0. The van der Waals surface area contributed by atoms with E-state index in [1.165, 1.54) is 10.9 Å². The molecule has 1 radical (unpaired) electrons. The Balaban J connectivity index is 2.67. The average molecular weight is 170 g/mol. The Bertz CT molecular complexity index is 437. The van der Waals surface area contributed by atoms with Gasteiger partial charge in [0.05, 0.1) is 0 Å². The number of rotatable bonds is 2. The Morgan fingerprint density at radius 1 is 1.54 bits per heavy atom. The van der Waals surface area contributed by atoms with Gasteiger partial charge in [0.15, 0.2) is 0 Å². The molecule has 65 valence electrons. The minimum Gasteiger partial charge on any atom is -0.358 e. The standard InChI is InChI=1S/C12H12N/c1-3-5-10-6-4-7-12-11(10)8-9(2)13-12/h3-4,6-7,13H,1,5H2,2H3. The van der Waals surface area contributed by atoms with Gasteiger partial charge in [-0.2, -0.15) is 0 Å². The molecule has 1 aromatic heterocycles. The van der Waals surface area contributed by atoms with E-state index in [-0.39, 0.29) is 0 Å². The van der Waals surface area contributed by atoms with Crippen molar-refractivity contribution in [3.63, 3.8) is 0 Å². The van der Waals surface area contributed by atoms with Crippen LogP contribution in [-0.4, -0.2) is 4.98 Å². The molecule has 1 heteroatoms. The summed E-state index contributed by atoms with van der Waals surface area (Å²) in [4.78, 5) is 3.27. The molecule has 0 atom stereocenters. The van der Waals surface area contributed by atoms with Crippen LogP contribution in [0.4, 0.5) is 0 Å². The lowest BCUT2D eigenvalue weighted by Crippen LogP contribution is -1.80. The van der Waals surface area contributed by atoms with Gasteiger partial charge in [0.1, 0.15) is 0 Å². The summed E-state index contributed by atoms with van der Waals surface area (Å²) in [6.07, 6.45) is 2.83. The number of aromatic nitrogens is 1. The molecule has 0 aliphatic rings. The van der Waals surface area contributed by atoms with Gasteiger partial charge in [0.2, 0.25) is 0 Å². The second kappa shape index (κ2) is 3.09. The lowest BCUT2D eigenvalue weighted by Gasteiger charge is -1.97. The van der Waals surface area contributed by atoms with E-state index in [0.29, 0.717) is 0 Å². The summed E-state index contributed by atoms with van der Waals surface area (Å²) in [6, 6.07) is 9.56. The monoisotopic (exact) mass is 170 g/mol. The number of fused-ring (bicyclic) bond motifs is 1. The average Bonchev–Trinajstić information content (AvgIpc) is 2.47. The Labute approximate surface area is 78.1 Å². The second-order valence-corrected chi connectivity index (χ2v) is 3.21. The zero-order valence-corrected chi connectivity index (χ0v) is 7.72. The molecule has 1 heterocycles. The Kier molecular flexibility index (Phi) is 1.93. The van der Waals surface area contributed by atoms with Crippen LogP contribution in [0.25, 0.3) is 10.9 Å². The summed E-state index contributed by atoms with van der Waals surface area (Å²) in [5, 5.41) is 1.19. The highest BCUT2D eigenvalue weighted by Gasteiger charge is 2.01. The van der Waals surface area contributed by atoms with Crippen molar-refractivity contribution in [2.24, 2.45) is 0 Å². The fourth-order valence-electron chi connectivity index (χ4n) is 1.60. The van der Waals surface area contributed by atoms with E-state index in [4.69, 9.17) is 0 Å². The zero-order chi connectivity index (χ0) is 9.26. The van der Waals surface area contributed by atoms with Crippen LogP contribution in [0.3, 0.4) is 0 Å². The molecule has 0 fully saturated rings. The van der Waals surface area contributed by atoms with E-state index >= 15 is 0 Å². The molecule has 13 heavy (non-hydrogen) atoms. The van der Waals surface area contributed by atoms with E-state index in [1.807, 2.05) is 13.0 Å². The van der Waals surface area contributed by atoms with Gasteiger partial charge in [0.25, 0.3) is 0 Å². The van der Waals surface area contributed by atoms with Crippen LogP contribution in [0, 0.1) is 13.0 Å². The molecule has 0 saturated heterocycles. The SMILES string of the molecule is C=CCc1cccc2[nH]c(C)[c]c12.